The van der Waals surface area contributed by atoms with Crippen LogP contribution in [0, 0.1) is 0 Å². The molecule has 28 heavy (non-hydrogen) atoms. The van der Waals surface area contributed by atoms with Crippen LogP contribution < -0.4 is 9.46 Å². The molecule has 0 aliphatic rings. The number of halogens is 2. The predicted molar refractivity (Wildman–Crippen MR) is 106 cm³/mol. The van der Waals surface area contributed by atoms with Crippen LogP contribution in [0.25, 0.3) is 11.4 Å². The fourth-order valence-electron chi connectivity index (χ4n) is 2.56. The molecule has 2 aromatic carbocycles. The quantitative estimate of drug-likeness (QED) is 0.656. The number of imidazole rings is 1. The van der Waals surface area contributed by atoms with Gasteiger partial charge in [0.25, 0.3) is 15.9 Å². The van der Waals surface area contributed by atoms with Gasteiger partial charge in [-0.25, -0.2) is 18.1 Å². The molecule has 0 fully saturated rings. The van der Waals surface area contributed by atoms with Gasteiger partial charge in [0.1, 0.15) is 22.2 Å². The van der Waals surface area contributed by atoms with Crippen LogP contribution in [0.2, 0.25) is 10.0 Å². The number of hydrogen-bond acceptors (Lipinski definition) is 5. The molecule has 3 rings (SSSR count). The molecule has 0 saturated carbocycles. The summed E-state index contributed by atoms with van der Waals surface area (Å²) in [6.45, 7) is 0. The van der Waals surface area contributed by atoms with Gasteiger partial charge in [-0.05, 0) is 30.3 Å². The number of benzene rings is 2. The molecule has 7 nitrogen and oxygen atoms in total. The molecule has 1 amide bonds. The molecular formula is C18H15Cl2N3O4S. The summed E-state index contributed by atoms with van der Waals surface area (Å²) in [5.41, 5.74) is 0.426. The first-order chi connectivity index (χ1) is 13.2. The number of methoxy groups -OCH3 is 1. The van der Waals surface area contributed by atoms with Crippen molar-refractivity contribution in [3.05, 3.63) is 64.4 Å². The average molecular weight is 440 g/mol. The first-order valence-electron chi connectivity index (χ1n) is 7.92. The molecule has 0 spiro atoms. The minimum Gasteiger partial charge on any atom is -0.495 e. The molecule has 0 atom stereocenters. The Hall–Kier alpha value is -2.55. The maximum absolute atomic E-state index is 12.6. The van der Waals surface area contributed by atoms with E-state index in [1.54, 1.807) is 35.9 Å². The number of amides is 1. The number of carbonyl (C=O) groups is 1. The second-order valence-corrected chi connectivity index (χ2v) is 8.26. The lowest BCUT2D eigenvalue weighted by Crippen LogP contribution is -2.31. The Kier molecular flexibility index (Phi) is 5.64. The Balaban J connectivity index is 1.93. The van der Waals surface area contributed by atoms with Gasteiger partial charge in [0.2, 0.25) is 0 Å². The SMILES string of the molecule is COc1ccccc1S(=O)(=O)NC(=O)c1cn(C)c(-c2cc(Cl)ccc2Cl)n1. The van der Waals surface area contributed by atoms with Crippen molar-refractivity contribution in [1.29, 1.82) is 0 Å². The zero-order chi connectivity index (χ0) is 20.5. The monoisotopic (exact) mass is 439 g/mol. The first-order valence-corrected chi connectivity index (χ1v) is 10.2. The van der Waals surface area contributed by atoms with E-state index >= 15 is 0 Å². The van der Waals surface area contributed by atoms with Crippen molar-refractivity contribution >= 4 is 39.1 Å². The Morgan fingerprint density at radius 2 is 1.89 bits per heavy atom. The number of aromatic nitrogens is 2. The second kappa shape index (κ2) is 7.83. The molecule has 0 radical (unpaired) electrons. The Morgan fingerprint density at radius 1 is 1.18 bits per heavy atom. The number of para-hydroxylation sites is 1. The maximum Gasteiger partial charge on any atom is 0.285 e. The number of hydrogen-bond donors (Lipinski definition) is 1. The lowest BCUT2D eigenvalue weighted by molar-refractivity contribution is 0.0977. The molecule has 146 valence electrons. The Labute approximate surface area is 171 Å². The van der Waals surface area contributed by atoms with E-state index in [0.717, 1.165) is 0 Å². The van der Waals surface area contributed by atoms with E-state index in [-0.39, 0.29) is 16.3 Å². The molecule has 0 aliphatic heterocycles. The normalized spacial score (nSPS) is 11.3. The highest BCUT2D eigenvalue weighted by Gasteiger charge is 2.24. The lowest BCUT2D eigenvalue weighted by atomic mass is 10.2. The third-order valence-electron chi connectivity index (χ3n) is 3.86. The van der Waals surface area contributed by atoms with E-state index in [9.17, 15) is 13.2 Å². The van der Waals surface area contributed by atoms with Gasteiger partial charge < -0.3 is 9.30 Å². The molecule has 1 aromatic heterocycles. The highest BCUT2D eigenvalue weighted by atomic mass is 35.5. The molecule has 1 heterocycles. The van der Waals surface area contributed by atoms with Crippen LogP contribution in [-0.2, 0) is 17.1 Å². The fraction of sp³-hybridized carbons (Fsp3) is 0.111. The summed E-state index contributed by atoms with van der Waals surface area (Å²) < 4.78 is 33.7. The third kappa shape index (κ3) is 3.99. The summed E-state index contributed by atoms with van der Waals surface area (Å²) in [5, 5.41) is 0.846. The predicted octanol–water partition coefficient (Wildman–Crippen LogP) is 3.52. The molecule has 0 aliphatic carbocycles. The number of rotatable bonds is 5. The van der Waals surface area contributed by atoms with E-state index in [2.05, 4.69) is 4.98 Å². The lowest BCUT2D eigenvalue weighted by Gasteiger charge is -2.09. The van der Waals surface area contributed by atoms with Crippen LogP contribution in [0.15, 0.2) is 53.6 Å². The number of nitrogens with one attached hydrogen (secondary N) is 1. The van der Waals surface area contributed by atoms with Crippen molar-refractivity contribution in [2.45, 2.75) is 4.90 Å². The van der Waals surface area contributed by atoms with Crippen molar-refractivity contribution in [2.24, 2.45) is 7.05 Å². The summed E-state index contributed by atoms with van der Waals surface area (Å²) in [4.78, 5) is 16.6. The average Bonchev–Trinajstić information content (AvgIpc) is 3.05. The Morgan fingerprint density at radius 3 is 2.61 bits per heavy atom. The molecule has 1 N–H and O–H groups in total. The minimum atomic E-state index is -4.15. The largest absolute Gasteiger partial charge is 0.495 e. The van der Waals surface area contributed by atoms with Gasteiger partial charge in [-0.2, -0.15) is 0 Å². The molecule has 0 unspecified atom stereocenters. The molecule has 10 heteroatoms. The van der Waals surface area contributed by atoms with E-state index in [0.29, 0.717) is 21.4 Å². The van der Waals surface area contributed by atoms with Crippen LogP contribution in [0.1, 0.15) is 10.5 Å². The minimum absolute atomic E-state index is 0.0907. The zero-order valence-electron chi connectivity index (χ0n) is 14.8. The van der Waals surface area contributed by atoms with Crippen LogP contribution in [0.3, 0.4) is 0 Å². The van der Waals surface area contributed by atoms with Gasteiger partial charge >= 0.3 is 0 Å². The highest BCUT2D eigenvalue weighted by molar-refractivity contribution is 7.90. The first kappa shape index (κ1) is 20.2. The fourth-order valence-corrected chi connectivity index (χ4v) is 4.07. The van der Waals surface area contributed by atoms with Crippen LogP contribution in [-0.4, -0.2) is 31.0 Å². The number of sulfonamides is 1. The molecular weight excluding hydrogens is 425 g/mol. The van der Waals surface area contributed by atoms with Crippen molar-refractivity contribution in [3.8, 4) is 17.1 Å². The van der Waals surface area contributed by atoms with Gasteiger partial charge in [-0.1, -0.05) is 35.3 Å². The maximum atomic E-state index is 12.6. The van der Waals surface area contributed by atoms with Gasteiger partial charge in [-0.3, -0.25) is 4.79 Å². The van der Waals surface area contributed by atoms with Gasteiger partial charge in [0, 0.05) is 23.8 Å². The van der Waals surface area contributed by atoms with Crippen LogP contribution in [0.5, 0.6) is 5.75 Å². The molecule has 3 aromatic rings. The third-order valence-corrected chi connectivity index (χ3v) is 5.80. The number of aryl methyl sites for hydroxylation is 1. The summed E-state index contributed by atoms with van der Waals surface area (Å²) in [6, 6.07) is 10.8. The highest BCUT2D eigenvalue weighted by Crippen LogP contribution is 2.30. The van der Waals surface area contributed by atoms with Gasteiger partial charge in [0.15, 0.2) is 0 Å². The summed E-state index contributed by atoms with van der Waals surface area (Å²) in [7, 11) is -1.15. The molecule has 0 bridgehead atoms. The van der Waals surface area contributed by atoms with E-state index in [4.69, 9.17) is 27.9 Å². The van der Waals surface area contributed by atoms with E-state index in [1.165, 1.54) is 31.5 Å². The topological polar surface area (TPSA) is 90.3 Å². The van der Waals surface area contributed by atoms with Crippen molar-refractivity contribution in [2.75, 3.05) is 7.11 Å². The summed E-state index contributed by atoms with van der Waals surface area (Å²) in [6.07, 6.45) is 1.40. The van der Waals surface area contributed by atoms with Gasteiger partial charge in [-0.15, -0.1) is 0 Å². The molecule has 0 saturated heterocycles. The number of carbonyl (C=O) groups excluding carboxylic acids is 1. The number of ether oxygens (including phenoxy) is 1. The summed E-state index contributed by atoms with van der Waals surface area (Å²) >= 11 is 12.2. The van der Waals surface area contributed by atoms with Crippen LogP contribution in [0.4, 0.5) is 0 Å². The Bertz CT molecular complexity index is 1160. The zero-order valence-corrected chi connectivity index (χ0v) is 17.1. The van der Waals surface area contributed by atoms with Crippen molar-refractivity contribution in [3.63, 3.8) is 0 Å². The number of nitrogens with zero attached hydrogens (tertiary/aromatic N) is 2. The van der Waals surface area contributed by atoms with E-state index < -0.39 is 15.9 Å². The smallest absolute Gasteiger partial charge is 0.285 e. The van der Waals surface area contributed by atoms with Crippen molar-refractivity contribution < 1.29 is 17.9 Å². The van der Waals surface area contributed by atoms with Crippen LogP contribution >= 0.6 is 23.2 Å². The van der Waals surface area contributed by atoms with Gasteiger partial charge in [0.05, 0.1) is 12.1 Å². The van der Waals surface area contributed by atoms with Crippen molar-refractivity contribution in [1.82, 2.24) is 14.3 Å². The van der Waals surface area contributed by atoms with E-state index in [1.807, 2.05) is 4.72 Å². The summed E-state index contributed by atoms with van der Waals surface area (Å²) in [5.74, 6) is -0.395. The second-order valence-electron chi connectivity index (χ2n) is 5.77. The standard InChI is InChI=1S/C18H15Cl2N3O4S/c1-23-10-14(21-17(23)12-9-11(19)7-8-13(12)20)18(24)22-28(25,26)16-6-4-3-5-15(16)27-2/h3-10H,1-2H3,(H,22,24).